The predicted molar refractivity (Wildman–Crippen MR) is 125 cm³/mol. The van der Waals surface area contributed by atoms with Crippen LogP contribution in [0.2, 0.25) is 0 Å². The van der Waals surface area contributed by atoms with E-state index in [1.165, 1.54) is 11.3 Å². The van der Waals surface area contributed by atoms with Gasteiger partial charge in [-0.05, 0) is 36.5 Å². The number of rotatable bonds is 8. The molecule has 0 fully saturated rings. The third kappa shape index (κ3) is 5.92. The molecule has 1 amide bonds. The Morgan fingerprint density at radius 1 is 1.06 bits per heavy atom. The molecule has 1 heterocycles. The maximum atomic E-state index is 12.7. The lowest BCUT2D eigenvalue weighted by atomic mass is 9.98. The lowest BCUT2D eigenvalue weighted by Crippen LogP contribution is -2.30. The topological polar surface area (TPSA) is 80.3 Å². The molecular formula is C24H27N3O3S. The van der Waals surface area contributed by atoms with Crippen molar-refractivity contribution in [2.75, 3.05) is 10.6 Å². The van der Waals surface area contributed by atoms with Gasteiger partial charge in [-0.3, -0.25) is 4.79 Å². The second-order valence-electron chi connectivity index (χ2n) is 7.61. The molecule has 7 heteroatoms. The first-order chi connectivity index (χ1) is 14.8. The fourth-order valence-corrected chi connectivity index (χ4v) is 3.74. The highest BCUT2D eigenvalue weighted by atomic mass is 32.1. The molecule has 2 aromatic carbocycles. The van der Waals surface area contributed by atoms with Crippen LogP contribution in [0.1, 0.15) is 53.9 Å². The summed E-state index contributed by atoms with van der Waals surface area (Å²) in [7, 11) is 0. The Balaban J connectivity index is 1.58. The van der Waals surface area contributed by atoms with Crippen molar-refractivity contribution < 1.29 is 14.3 Å². The molecule has 0 spiro atoms. The van der Waals surface area contributed by atoms with Crippen LogP contribution < -0.4 is 10.6 Å². The monoisotopic (exact) mass is 437 g/mol. The molecule has 0 saturated carbocycles. The Morgan fingerprint density at radius 2 is 1.81 bits per heavy atom. The lowest BCUT2D eigenvalue weighted by molar-refractivity contribution is -0.123. The van der Waals surface area contributed by atoms with Crippen LogP contribution in [0.5, 0.6) is 0 Å². The standard InChI is InChI=1S/C24H27N3O3S/c1-15(2)19-12-8-9-16(3)21(19)27-22(28)17(4)30-23(29)20-14-31-24(26-20)25-13-18-10-6-5-7-11-18/h5-12,14-15,17H,13H2,1-4H3,(H,25,26)(H,27,28). The van der Waals surface area contributed by atoms with Crippen molar-refractivity contribution in [1.29, 1.82) is 0 Å². The largest absolute Gasteiger partial charge is 0.448 e. The summed E-state index contributed by atoms with van der Waals surface area (Å²) in [4.78, 5) is 29.4. The van der Waals surface area contributed by atoms with Gasteiger partial charge in [-0.1, -0.05) is 62.4 Å². The number of aryl methyl sites for hydroxylation is 1. The first-order valence-electron chi connectivity index (χ1n) is 10.2. The summed E-state index contributed by atoms with van der Waals surface area (Å²) in [5, 5.41) is 8.35. The predicted octanol–water partition coefficient (Wildman–Crippen LogP) is 5.37. The summed E-state index contributed by atoms with van der Waals surface area (Å²) in [5.74, 6) is -0.743. The van der Waals surface area contributed by atoms with Gasteiger partial charge in [-0.15, -0.1) is 11.3 Å². The average Bonchev–Trinajstić information content (AvgIpc) is 3.23. The van der Waals surface area contributed by atoms with Gasteiger partial charge in [0.1, 0.15) is 0 Å². The van der Waals surface area contributed by atoms with Crippen molar-refractivity contribution >= 4 is 34.0 Å². The van der Waals surface area contributed by atoms with Crippen molar-refractivity contribution in [2.24, 2.45) is 0 Å². The maximum Gasteiger partial charge on any atom is 0.358 e. The second kappa shape index (κ2) is 10.2. The summed E-state index contributed by atoms with van der Waals surface area (Å²) in [5.41, 5.74) is 4.07. The Morgan fingerprint density at radius 3 is 2.52 bits per heavy atom. The van der Waals surface area contributed by atoms with Gasteiger partial charge in [-0.2, -0.15) is 0 Å². The summed E-state index contributed by atoms with van der Waals surface area (Å²) in [6, 6.07) is 15.8. The highest BCUT2D eigenvalue weighted by molar-refractivity contribution is 7.13. The number of ether oxygens (including phenoxy) is 1. The molecule has 0 radical (unpaired) electrons. The number of amides is 1. The summed E-state index contributed by atoms with van der Waals surface area (Å²) < 4.78 is 5.35. The molecule has 2 N–H and O–H groups in total. The first-order valence-corrected chi connectivity index (χ1v) is 11.1. The number of hydrogen-bond acceptors (Lipinski definition) is 6. The number of thiazole rings is 1. The summed E-state index contributed by atoms with van der Waals surface area (Å²) in [6.45, 7) is 8.24. The molecule has 0 bridgehead atoms. The van der Waals surface area contributed by atoms with Crippen LogP contribution in [0.4, 0.5) is 10.8 Å². The lowest BCUT2D eigenvalue weighted by Gasteiger charge is -2.18. The van der Waals surface area contributed by atoms with Crippen LogP contribution in [0.3, 0.4) is 0 Å². The number of aromatic nitrogens is 1. The zero-order valence-electron chi connectivity index (χ0n) is 18.1. The Bertz CT molecular complexity index is 1050. The van der Waals surface area contributed by atoms with Crippen molar-refractivity contribution in [3.8, 4) is 0 Å². The number of nitrogens with zero attached hydrogens (tertiary/aromatic N) is 1. The van der Waals surface area contributed by atoms with Crippen molar-refractivity contribution in [3.05, 3.63) is 76.3 Å². The highest BCUT2D eigenvalue weighted by Gasteiger charge is 2.22. The minimum atomic E-state index is -0.949. The van der Waals surface area contributed by atoms with Crippen LogP contribution in [-0.2, 0) is 16.1 Å². The van der Waals surface area contributed by atoms with Crippen LogP contribution in [0, 0.1) is 6.92 Å². The molecule has 0 saturated heterocycles. The van der Waals surface area contributed by atoms with Gasteiger partial charge < -0.3 is 15.4 Å². The molecule has 6 nitrogen and oxygen atoms in total. The fourth-order valence-electron chi connectivity index (χ4n) is 3.06. The quantitative estimate of drug-likeness (QED) is 0.463. The number of carbonyl (C=O) groups is 2. The third-order valence-electron chi connectivity index (χ3n) is 4.83. The molecule has 1 unspecified atom stereocenters. The molecule has 1 aromatic heterocycles. The van der Waals surface area contributed by atoms with Crippen molar-refractivity contribution in [1.82, 2.24) is 4.98 Å². The van der Waals surface area contributed by atoms with E-state index >= 15 is 0 Å². The number of esters is 1. The van der Waals surface area contributed by atoms with Crippen LogP contribution >= 0.6 is 11.3 Å². The Kier molecular flexibility index (Phi) is 7.41. The average molecular weight is 438 g/mol. The number of nitrogens with one attached hydrogen (secondary N) is 2. The van der Waals surface area contributed by atoms with E-state index < -0.39 is 12.1 Å². The maximum absolute atomic E-state index is 12.7. The van der Waals surface area contributed by atoms with Gasteiger partial charge in [0, 0.05) is 17.6 Å². The summed E-state index contributed by atoms with van der Waals surface area (Å²) >= 11 is 1.32. The van der Waals surface area contributed by atoms with Crippen LogP contribution in [-0.4, -0.2) is 23.0 Å². The third-order valence-corrected chi connectivity index (χ3v) is 5.63. The van der Waals surface area contributed by atoms with Crippen LogP contribution in [0.25, 0.3) is 0 Å². The zero-order chi connectivity index (χ0) is 22.4. The van der Waals surface area contributed by atoms with E-state index in [1.54, 1.807) is 12.3 Å². The van der Waals surface area contributed by atoms with E-state index in [-0.39, 0.29) is 17.5 Å². The number of benzene rings is 2. The molecular weight excluding hydrogens is 410 g/mol. The molecule has 0 aliphatic carbocycles. The van der Waals surface area contributed by atoms with Gasteiger partial charge in [0.05, 0.1) is 0 Å². The number of hydrogen-bond donors (Lipinski definition) is 2. The zero-order valence-corrected chi connectivity index (χ0v) is 19.0. The SMILES string of the molecule is Cc1cccc(C(C)C)c1NC(=O)C(C)OC(=O)c1csc(NCc2ccccc2)n1. The summed E-state index contributed by atoms with van der Waals surface area (Å²) in [6.07, 6.45) is -0.949. The normalized spacial score (nSPS) is 11.8. The van der Waals surface area contributed by atoms with E-state index in [4.69, 9.17) is 4.74 Å². The molecule has 0 aliphatic rings. The van der Waals surface area contributed by atoms with E-state index in [0.717, 1.165) is 22.4 Å². The molecule has 3 rings (SSSR count). The Labute approximate surface area is 186 Å². The van der Waals surface area contributed by atoms with Crippen LogP contribution in [0.15, 0.2) is 53.9 Å². The fraction of sp³-hybridized carbons (Fsp3) is 0.292. The van der Waals surface area contributed by atoms with Gasteiger partial charge in [0.15, 0.2) is 16.9 Å². The van der Waals surface area contributed by atoms with Gasteiger partial charge in [0.2, 0.25) is 0 Å². The minimum absolute atomic E-state index is 0.180. The minimum Gasteiger partial charge on any atom is -0.448 e. The van der Waals surface area contributed by atoms with E-state index in [9.17, 15) is 9.59 Å². The molecule has 3 aromatic rings. The van der Waals surface area contributed by atoms with E-state index in [1.807, 2.05) is 55.5 Å². The number of carbonyl (C=O) groups excluding carboxylic acids is 2. The van der Waals surface area contributed by atoms with E-state index in [2.05, 4.69) is 29.5 Å². The van der Waals surface area contributed by atoms with Crippen molar-refractivity contribution in [3.63, 3.8) is 0 Å². The van der Waals surface area contributed by atoms with Crippen molar-refractivity contribution in [2.45, 2.75) is 46.3 Å². The molecule has 1 atom stereocenters. The van der Waals surface area contributed by atoms with Gasteiger partial charge in [-0.25, -0.2) is 9.78 Å². The smallest absolute Gasteiger partial charge is 0.358 e. The van der Waals surface area contributed by atoms with Gasteiger partial charge in [0.25, 0.3) is 5.91 Å². The first kappa shape index (κ1) is 22.5. The van der Waals surface area contributed by atoms with E-state index in [0.29, 0.717) is 11.7 Å². The molecule has 162 valence electrons. The molecule has 31 heavy (non-hydrogen) atoms. The second-order valence-corrected chi connectivity index (χ2v) is 8.47. The number of para-hydroxylation sites is 1. The highest BCUT2D eigenvalue weighted by Crippen LogP contribution is 2.27. The molecule has 0 aliphatic heterocycles. The van der Waals surface area contributed by atoms with Gasteiger partial charge >= 0.3 is 5.97 Å². The number of anilines is 2. The Hall–Kier alpha value is -3.19.